The molecule has 0 rings (SSSR count). The van der Waals surface area contributed by atoms with Crippen LogP contribution in [0.15, 0.2) is 12.2 Å². The molecule has 0 aliphatic heterocycles. The van der Waals surface area contributed by atoms with Gasteiger partial charge in [0.15, 0.2) is 0 Å². The highest BCUT2D eigenvalue weighted by molar-refractivity contribution is 5.85. The van der Waals surface area contributed by atoms with Crippen molar-refractivity contribution in [3.05, 3.63) is 12.2 Å². The summed E-state index contributed by atoms with van der Waals surface area (Å²) in [5.74, 6) is 0.0741. The molecule has 0 heterocycles. The summed E-state index contributed by atoms with van der Waals surface area (Å²) in [7, 11) is 0. The van der Waals surface area contributed by atoms with E-state index in [1.54, 1.807) is 0 Å². The Bertz CT molecular complexity index is 335. The molecule has 1 amide bonds. The monoisotopic (exact) mass is 417 g/mol. The Balaban J connectivity index is 0. The maximum absolute atomic E-state index is 11.4. The summed E-state index contributed by atoms with van der Waals surface area (Å²) in [5, 5.41) is 11.3. The average Bonchev–Trinajstić information content (AvgIpc) is 2.68. The first kappa shape index (κ1) is 29.7. The summed E-state index contributed by atoms with van der Waals surface area (Å²) in [6.45, 7) is 2.69. The molecule has 0 aromatic rings. The third-order valence-electron chi connectivity index (χ3n) is 5.10. The molecule has 0 bridgehead atoms. The first-order valence-electron chi connectivity index (χ1n) is 11.8. The van der Waals surface area contributed by atoms with Crippen LogP contribution in [0.3, 0.4) is 0 Å². The number of aliphatic hydroxyl groups is 1. The Morgan fingerprint density at radius 1 is 0.714 bits per heavy atom. The fourth-order valence-corrected chi connectivity index (χ4v) is 3.35. The molecule has 0 atom stereocenters. The van der Waals surface area contributed by atoms with Crippen LogP contribution in [-0.4, -0.2) is 24.2 Å². The van der Waals surface area contributed by atoms with Crippen molar-refractivity contribution in [2.45, 2.75) is 122 Å². The van der Waals surface area contributed by atoms with E-state index >= 15 is 0 Å². The number of carbonyl (C=O) groups excluding carboxylic acids is 1. The highest BCUT2D eigenvalue weighted by Crippen LogP contribution is 2.12. The summed E-state index contributed by atoms with van der Waals surface area (Å²) in [5.41, 5.74) is 0. The lowest BCUT2D eigenvalue weighted by atomic mass is 10.1. The fourth-order valence-electron chi connectivity index (χ4n) is 3.35. The topological polar surface area (TPSA) is 49.3 Å². The molecule has 0 spiro atoms. The molecule has 0 saturated heterocycles. The van der Waals surface area contributed by atoms with Crippen molar-refractivity contribution in [2.75, 3.05) is 13.2 Å². The minimum atomic E-state index is 0. The Morgan fingerprint density at radius 2 is 1.14 bits per heavy atom. The van der Waals surface area contributed by atoms with Gasteiger partial charge in [-0.1, -0.05) is 96.1 Å². The van der Waals surface area contributed by atoms with E-state index in [0.717, 1.165) is 12.8 Å². The number of carbonyl (C=O) groups is 1. The number of nitrogens with one attached hydrogen (secondary N) is 1. The Labute approximate surface area is 181 Å². The van der Waals surface area contributed by atoms with Gasteiger partial charge in [-0.2, -0.15) is 0 Å². The van der Waals surface area contributed by atoms with E-state index in [0.29, 0.717) is 13.0 Å². The van der Waals surface area contributed by atoms with E-state index in [1.165, 1.54) is 96.3 Å². The van der Waals surface area contributed by atoms with Gasteiger partial charge in [0.2, 0.25) is 5.91 Å². The van der Waals surface area contributed by atoms with Gasteiger partial charge in [-0.25, -0.2) is 0 Å². The average molecular weight is 418 g/mol. The molecule has 0 aliphatic rings. The number of aliphatic hydroxyl groups excluding tert-OH is 1. The number of rotatable bonds is 21. The van der Waals surface area contributed by atoms with Crippen LogP contribution >= 0.6 is 12.4 Å². The summed E-state index contributed by atoms with van der Waals surface area (Å²) < 4.78 is 0. The van der Waals surface area contributed by atoms with Crippen molar-refractivity contribution < 1.29 is 9.90 Å². The molecule has 0 radical (unpaired) electrons. The van der Waals surface area contributed by atoms with Gasteiger partial charge >= 0.3 is 0 Å². The minimum absolute atomic E-state index is 0. The van der Waals surface area contributed by atoms with E-state index in [1.807, 2.05) is 0 Å². The van der Waals surface area contributed by atoms with Crippen LogP contribution in [0.4, 0.5) is 0 Å². The van der Waals surface area contributed by atoms with E-state index < -0.39 is 0 Å². The number of unbranched alkanes of at least 4 members (excludes halogenated alkanes) is 15. The smallest absolute Gasteiger partial charge is 0.220 e. The Hall–Kier alpha value is -0.540. The van der Waals surface area contributed by atoms with Gasteiger partial charge in [-0.15, -0.1) is 12.4 Å². The second-order valence-corrected chi connectivity index (χ2v) is 7.82. The van der Waals surface area contributed by atoms with Gasteiger partial charge in [0.05, 0.1) is 6.61 Å². The zero-order valence-electron chi connectivity index (χ0n) is 18.6. The number of hydrogen-bond donors (Lipinski definition) is 2. The molecule has 0 aromatic carbocycles. The molecule has 3 nitrogen and oxygen atoms in total. The summed E-state index contributed by atoms with van der Waals surface area (Å²) in [4.78, 5) is 11.4. The van der Waals surface area contributed by atoms with Crippen LogP contribution in [0.2, 0.25) is 0 Å². The van der Waals surface area contributed by atoms with Gasteiger partial charge in [0, 0.05) is 13.0 Å². The van der Waals surface area contributed by atoms with Crippen molar-refractivity contribution in [3.8, 4) is 0 Å². The molecule has 4 heteroatoms. The van der Waals surface area contributed by atoms with Crippen LogP contribution in [-0.2, 0) is 4.79 Å². The lowest BCUT2D eigenvalue weighted by Crippen LogP contribution is -2.25. The van der Waals surface area contributed by atoms with E-state index in [4.69, 9.17) is 5.11 Å². The van der Waals surface area contributed by atoms with Gasteiger partial charge in [0.1, 0.15) is 0 Å². The molecule has 0 aliphatic carbocycles. The largest absolute Gasteiger partial charge is 0.395 e. The Morgan fingerprint density at radius 3 is 1.61 bits per heavy atom. The lowest BCUT2D eigenvalue weighted by molar-refractivity contribution is -0.121. The molecule has 168 valence electrons. The predicted octanol–water partition coefficient (Wildman–Crippen LogP) is 7.11. The standard InChI is InChI=1S/C24H47NO2.ClH/c1-2-3-4-5-6-7-8-9-10-11-12-13-14-15-16-17-18-19-20-21-24(27)25-22-23-26;/h9-10,26H,2-8,11-23H2,1H3,(H,25,27);1H. The number of allylic oxidation sites excluding steroid dienone is 2. The fraction of sp³-hybridized carbons (Fsp3) is 0.875. The maximum atomic E-state index is 11.4. The van der Waals surface area contributed by atoms with Crippen LogP contribution in [0.5, 0.6) is 0 Å². The number of halogens is 1. The first-order chi connectivity index (χ1) is 13.3. The van der Waals surface area contributed by atoms with Gasteiger partial charge < -0.3 is 10.4 Å². The van der Waals surface area contributed by atoms with Gasteiger partial charge in [0.25, 0.3) is 0 Å². The second-order valence-electron chi connectivity index (χ2n) is 7.82. The normalized spacial score (nSPS) is 10.9. The number of hydrogen-bond acceptors (Lipinski definition) is 2. The van der Waals surface area contributed by atoms with Gasteiger partial charge in [-0.3, -0.25) is 4.79 Å². The van der Waals surface area contributed by atoms with E-state index in [9.17, 15) is 4.79 Å². The van der Waals surface area contributed by atoms with Crippen molar-refractivity contribution >= 4 is 18.3 Å². The molecule has 0 saturated carbocycles. The highest BCUT2D eigenvalue weighted by atomic mass is 35.5. The Kier molecular flexibility index (Phi) is 28.0. The molecular formula is C24H48ClNO2. The van der Waals surface area contributed by atoms with Crippen molar-refractivity contribution in [1.29, 1.82) is 0 Å². The number of amides is 1. The molecule has 0 unspecified atom stereocenters. The predicted molar refractivity (Wildman–Crippen MR) is 125 cm³/mol. The molecule has 2 N–H and O–H groups in total. The van der Waals surface area contributed by atoms with Crippen LogP contribution in [0, 0.1) is 0 Å². The maximum Gasteiger partial charge on any atom is 0.220 e. The quantitative estimate of drug-likeness (QED) is 0.154. The lowest BCUT2D eigenvalue weighted by Gasteiger charge is -2.03. The van der Waals surface area contributed by atoms with Crippen molar-refractivity contribution in [1.82, 2.24) is 5.32 Å². The van der Waals surface area contributed by atoms with Gasteiger partial charge in [-0.05, 0) is 32.1 Å². The van der Waals surface area contributed by atoms with Crippen LogP contribution < -0.4 is 5.32 Å². The summed E-state index contributed by atoms with van der Waals surface area (Å²) in [6, 6.07) is 0. The SMILES string of the molecule is CCCCCCCCC=CCCCCCCCCCCCC(=O)NCCO.Cl. The summed E-state index contributed by atoms with van der Waals surface area (Å²) >= 11 is 0. The third-order valence-corrected chi connectivity index (χ3v) is 5.10. The van der Waals surface area contributed by atoms with Crippen molar-refractivity contribution in [2.24, 2.45) is 0 Å². The molecule has 28 heavy (non-hydrogen) atoms. The third kappa shape index (κ3) is 25.5. The zero-order valence-corrected chi connectivity index (χ0v) is 19.4. The van der Waals surface area contributed by atoms with E-state index in [-0.39, 0.29) is 24.9 Å². The molecular weight excluding hydrogens is 370 g/mol. The molecule has 0 fully saturated rings. The van der Waals surface area contributed by atoms with E-state index in [2.05, 4.69) is 24.4 Å². The summed E-state index contributed by atoms with van der Waals surface area (Å²) in [6.07, 6.45) is 27.7. The van der Waals surface area contributed by atoms with Crippen molar-refractivity contribution in [3.63, 3.8) is 0 Å². The second kappa shape index (κ2) is 26.5. The minimum Gasteiger partial charge on any atom is -0.395 e. The zero-order chi connectivity index (χ0) is 19.8. The first-order valence-corrected chi connectivity index (χ1v) is 11.8. The molecule has 0 aromatic heterocycles. The van der Waals surface area contributed by atoms with Crippen LogP contribution in [0.25, 0.3) is 0 Å². The van der Waals surface area contributed by atoms with Crippen LogP contribution in [0.1, 0.15) is 122 Å². The highest BCUT2D eigenvalue weighted by Gasteiger charge is 1.99.